The molecule has 0 aliphatic heterocycles. The second kappa shape index (κ2) is 5.98. The summed E-state index contributed by atoms with van der Waals surface area (Å²) in [7, 11) is 0. The van der Waals surface area contributed by atoms with E-state index in [0.717, 1.165) is 12.2 Å². The van der Waals surface area contributed by atoms with Crippen LogP contribution in [0.4, 0.5) is 5.69 Å². The minimum Gasteiger partial charge on any atom is -0.455 e. The molecule has 0 aromatic heterocycles. The van der Waals surface area contributed by atoms with Gasteiger partial charge < -0.3 is 10.5 Å². The Hall–Kier alpha value is -1.67. The summed E-state index contributed by atoms with van der Waals surface area (Å²) in [5.41, 5.74) is 7.68. The van der Waals surface area contributed by atoms with Crippen LogP contribution in [0.1, 0.15) is 31.7 Å². The average Bonchev–Trinajstić information content (AvgIpc) is 2.42. The fraction of sp³-hybridized carbons (Fsp3) is 0.250. The summed E-state index contributed by atoms with van der Waals surface area (Å²) in [6, 6.07) is 13.3. The molecule has 2 nitrogen and oxygen atoms in total. The molecule has 0 aliphatic carbocycles. The highest BCUT2D eigenvalue weighted by Gasteiger charge is 2.11. The van der Waals surface area contributed by atoms with Gasteiger partial charge in [0.05, 0.1) is 5.69 Å². The van der Waals surface area contributed by atoms with Crippen molar-refractivity contribution in [3.05, 3.63) is 53.1 Å². The zero-order valence-corrected chi connectivity index (χ0v) is 11.9. The molecule has 2 aromatic rings. The lowest BCUT2D eigenvalue weighted by Crippen LogP contribution is -1.98. The summed E-state index contributed by atoms with van der Waals surface area (Å²) < 4.78 is 5.93. The van der Waals surface area contributed by atoms with Crippen LogP contribution in [0.2, 0.25) is 5.02 Å². The Morgan fingerprint density at radius 3 is 2.63 bits per heavy atom. The van der Waals surface area contributed by atoms with Gasteiger partial charge in [0.15, 0.2) is 5.75 Å². The molecule has 2 N–H and O–H groups in total. The van der Waals surface area contributed by atoms with Crippen molar-refractivity contribution in [2.75, 3.05) is 5.73 Å². The molecule has 100 valence electrons. The molecule has 2 aromatic carbocycles. The Morgan fingerprint density at radius 1 is 1.16 bits per heavy atom. The largest absolute Gasteiger partial charge is 0.455 e. The van der Waals surface area contributed by atoms with Crippen LogP contribution >= 0.6 is 11.6 Å². The van der Waals surface area contributed by atoms with E-state index in [1.165, 1.54) is 5.56 Å². The number of benzene rings is 2. The maximum atomic E-state index is 5.98. The quantitative estimate of drug-likeness (QED) is 0.776. The molecule has 0 fully saturated rings. The van der Waals surface area contributed by atoms with Gasteiger partial charge in [0.25, 0.3) is 0 Å². The number of halogens is 1. The minimum absolute atomic E-state index is 0.441. The van der Waals surface area contributed by atoms with Crippen LogP contribution in [0, 0.1) is 0 Å². The highest BCUT2D eigenvalue weighted by Crippen LogP contribution is 2.35. The van der Waals surface area contributed by atoms with Crippen LogP contribution in [0.15, 0.2) is 42.5 Å². The van der Waals surface area contributed by atoms with Crippen LogP contribution < -0.4 is 10.5 Å². The predicted octanol–water partition coefficient (Wildman–Crippen LogP) is 5.23. The topological polar surface area (TPSA) is 35.2 Å². The van der Waals surface area contributed by atoms with Gasteiger partial charge in [-0.05, 0) is 36.1 Å². The molecule has 0 amide bonds. The van der Waals surface area contributed by atoms with Crippen LogP contribution in [0.5, 0.6) is 11.5 Å². The fourth-order valence-electron chi connectivity index (χ4n) is 1.92. The Labute approximate surface area is 119 Å². The summed E-state index contributed by atoms with van der Waals surface area (Å²) in [6.45, 7) is 4.35. The molecule has 0 spiro atoms. The standard InChI is InChI=1S/C16H18ClNO/c1-3-11(2)13-6-4-5-7-15(13)19-16-10-12(17)8-9-14(16)18/h4-11H,3,18H2,1-2H3. The first-order valence-electron chi connectivity index (χ1n) is 6.43. The van der Waals surface area contributed by atoms with Gasteiger partial charge in [0, 0.05) is 11.1 Å². The average molecular weight is 276 g/mol. The molecule has 2 rings (SSSR count). The summed E-state index contributed by atoms with van der Waals surface area (Å²) in [6.07, 6.45) is 1.06. The molecule has 0 aliphatic rings. The van der Waals surface area contributed by atoms with E-state index in [1.807, 2.05) is 18.2 Å². The number of rotatable bonds is 4. The summed E-state index contributed by atoms with van der Waals surface area (Å²) >= 11 is 5.98. The first kappa shape index (κ1) is 13.8. The monoisotopic (exact) mass is 275 g/mol. The van der Waals surface area contributed by atoms with E-state index in [0.29, 0.717) is 22.4 Å². The lowest BCUT2D eigenvalue weighted by Gasteiger charge is -2.16. The number of hydrogen-bond donors (Lipinski definition) is 1. The third-order valence-electron chi connectivity index (χ3n) is 3.26. The molecule has 1 unspecified atom stereocenters. The normalized spacial score (nSPS) is 12.2. The number of para-hydroxylation sites is 1. The fourth-order valence-corrected chi connectivity index (χ4v) is 2.08. The van der Waals surface area contributed by atoms with Crippen LogP contribution in [-0.4, -0.2) is 0 Å². The Kier molecular flexibility index (Phi) is 4.33. The van der Waals surface area contributed by atoms with Gasteiger partial charge in [-0.2, -0.15) is 0 Å². The van der Waals surface area contributed by atoms with Crippen LogP contribution in [0.3, 0.4) is 0 Å². The SMILES string of the molecule is CCC(C)c1ccccc1Oc1cc(Cl)ccc1N. The van der Waals surface area contributed by atoms with E-state index in [9.17, 15) is 0 Å². The number of hydrogen-bond acceptors (Lipinski definition) is 2. The number of ether oxygens (including phenoxy) is 1. The van der Waals surface area contributed by atoms with E-state index in [-0.39, 0.29) is 0 Å². The molecule has 0 saturated carbocycles. The van der Waals surface area contributed by atoms with Gasteiger partial charge >= 0.3 is 0 Å². The predicted molar refractivity (Wildman–Crippen MR) is 81.1 cm³/mol. The highest BCUT2D eigenvalue weighted by atomic mass is 35.5. The van der Waals surface area contributed by atoms with E-state index in [1.54, 1.807) is 18.2 Å². The molecule has 1 atom stereocenters. The molecule has 0 saturated heterocycles. The van der Waals surface area contributed by atoms with Crippen molar-refractivity contribution in [3.8, 4) is 11.5 Å². The van der Waals surface area contributed by atoms with Crippen molar-refractivity contribution < 1.29 is 4.74 Å². The zero-order valence-electron chi connectivity index (χ0n) is 11.2. The summed E-state index contributed by atoms with van der Waals surface area (Å²) in [5, 5.41) is 0.616. The maximum Gasteiger partial charge on any atom is 0.151 e. The van der Waals surface area contributed by atoms with Gasteiger partial charge in [0.2, 0.25) is 0 Å². The zero-order chi connectivity index (χ0) is 13.8. The first-order chi connectivity index (χ1) is 9.11. The van der Waals surface area contributed by atoms with Crippen LogP contribution in [0.25, 0.3) is 0 Å². The van der Waals surface area contributed by atoms with Crippen molar-refractivity contribution in [2.24, 2.45) is 0 Å². The van der Waals surface area contributed by atoms with E-state index in [4.69, 9.17) is 22.1 Å². The van der Waals surface area contributed by atoms with Crippen molar-refractivity contribution in [1.29, 1.82) is 0 Å². The summed E-state index contributed by atoms with van der Waals surface area (Å²) in [4.78, 5) is 0. The van der Waals surface area contributed by atoms with Gasteiger partial charge in [0.1, 0.15) is 5.75 Å². The number of nitrogens with two attached hydrogens (primary N) is 1. The third-order valence-corrected chi connectivity index (χ3v) is 3.49. The molecular weight excluding hydrogens is 258 g/mol. The van der Waals surface area contributed by atoms with Crippen molar-refractivity contribution in [2.45, 2.75) is 26.2 Å². The second-order valence-corrected chi connectivity index (χ2v) is 5.07. The molecule has 0 bridgehead atoms. The third kappa shape index (κ3) is 3.21. The van der Waals surface area contributed by atoms with Gasteiger partial charge in [-0.15, -0.1) is 0 Å². The Morgan fingerprint density at radius 2 is 1.89 bits per heavy atom. The summed E-state index contributed by atoms with van der Waals surface area (Å²) in [5.74, 6) is 1.88. The van der Waals surface area contributed by atoms with E-state index < -0.39 is 0 Å². The lowest BCUT2D eigenvalue weighted by molar-refractivity contribution is 0.472. The Balaban J connectivity index is 2.35. The molecule has 3 heteroatoms. The minimum atomic E-state index is 0.441. The molecular formula is C16H18ClNO. The van der Waals surface area contributed by atoms with E-state index >= 15 is 0 Å². The van der Waals surface area contributed by atoms with Gasteiger partial charge in [-0.3, -0.25) is 0 Å². The van der Waals surface area contributed by atoms with Crippen molar-refractivity contribution >= 4 is 17.3 Å². The van der Waals surface area contributed by atoms with Crippen molar-refractivity contribution in [1.82, 2.24) is 0 Å². The first-order valence-corrected chi connectivity index (χ1v) is 6.81. The molecule has 19 heavy (non-hydrogen) atoms. The maximum absolute atomic E-state index is 5.98. The Bertz CT molecular complexity index is 568. The second-order valence-electron chi connectivity index (χ2n) is 4.63. The lowest BCUT2D eigenvalue weighted by atomic mass is 9.98. The number of nitrogen functional groups attached to an aromatic ring is 1. The number of anilines is 1. The van der Waals surface area contributed by atoms with Crippen molar-refractivity contribution in [3.63, 3.8) is 0 Å². The van der Waals surface area contributed by atoms with Gasteiger partial charge in [-0.25, -0.2) is 0 Å². The molecule has 0 heterocycles. The van der Waals surface area contributed by atoms with Crippen LogP contribution in [-0.2, 0) is 0 Å². The van der Waals surface area contributed by atoms with E-state index in [2.05, 4.69) is 19.9 Å². The van der Waals surface area contributed by atoms with Gasteiger partial charge in [-0.1, -0.05) is 43.6 Å². The highest BCUT2D eigenvalue weighted by molar-refractivity contribution is 6.30. The molecule has 0 radical (unpaired) electrons. The smallest absolute Gasteiger partial charge is 0.151 e.